The van der Waals surface area contributed by atoms with Crippen molar-refractivity contribution in [2.24, 2.45) is 0 Å². The van der Waals surface area contributed by atoms with E-state index in [1.54, 1.807) is 4.90 Å². The molecule has 1 fully saturated rings. The van der Waals surface area contributed by atoms with Gasteiger partial charge in [0.15, 0.2) is 0 Å². The van der Waals surface area contributed by atoms with Gasteiger partial charge in [-0.25, -0.2) is 4.79 Å². The molecule has 0 unspecified atom stereocenters. The summed E-state index contributed by atoms with van der Waals surface area (Å²) in [6.45, 7) is 10.5. The van der Waals surface area contributed by atoms with E-state index in [4.69, 9.17) is 0 Å². The van der Waals surface area contributed by atoms with Gasteiger partial charge in [0.05, 0.1) is 0 Å². The molecule has 1 saturated heterocycles. The molecule has 2 amide bonds. The largest absolute Gasteiger partial charge is 0.368 e. The van der Waals surface area contributed by atoms with Crippen LogP contribution in [-0.4, -0.2) is 55.6 Å². The summed E-state index contributed by atoms with van der Waals surface area (Å²) >= 11 is 0. The van der Waals surface area contributed by atoms with Crippen LogP contribution in [0.3, 0.4) is 0 Å². The average molecular weight is 275 g/mol. The molecule has 1 heterocycles. The lowest BCUT2D eigenvalue weighted by atomic mass is 10.1. The molecule has 4 nitrogen and oxygen atoms in total. The van der Waals surface area contributed by atoms with Crippen molar-refractivity contribution in [2.75, 3.05) is 44.7 Å². The standard InChI is InChI=1S/C16H25N3O/c1-5-17(4)16(20)19-11-9-18(10-12-19)15-8-6-7-13(2)14(15)3/h6-8H,5,9-12H2,1-4H3. The van der Waals surface area contributed by atoms with Crippen molar-refractivity contribution in [2.45, 2.75) is 20.8 Å². The molecule has 110 valence electrons. The maximum atomic E-state index is 12.1. The minimum atomic E-state index is 0.146. The fourth-order valence-electron chi connectivity index (χ4n) is 2.59. The fourth-order valence-corrected chi connectivity index (χ4v) is 2.59. The summed E-state index contributed by atoms with van der Waals surface area (Å²) in [5.41, 5.74) is 3.98. The first-order valence-corrected chi connectivity index (χ1v) is 7.35. The zero-order valence-corrected chi connectivity index (χ0v) is 13.0. The van der Waals surface area contributed by atoms with E-state index < -0.39 is 0 Å². The highest BCUT2D eigenvalue weighted by Crippen LogP contribution is 2.23. The Bertz CT molecular complexity index is 479. The number of piperazine rings is 1. The molecule has 0 N–H and O–H groups in total. The van der Waals surface area contributed by atoms with Crippen LogP contribution in [-0.2, 0) is 0 Å². The first-order valence-electron chi connectivity index (χ1n) is 7.35. The third kappa shape index (κ3) is 2.89. The SMILES string of the molecule is CCN(C)C(=O)N1CCN(c2cccc(C)c2C)CC1. The summed E-state index contributed by atoms with van der Waals surface area (Å²) in [6.07, 6.45) is 0. The van der Waals surface area contributed by atoms with Gasteiger partial charge in [-0.2, -0.15) is 0 Å². The smallest absolute Gasteiger partial charge is 0.319 e. The van der Waals surface area contributed by atoms with E-state index in [-0.39, 0.29) is 6.03 Å². The van der Waals surface area contributed by atoms with Crippen LogP contribution in [0.5, 0.6) is 0 Å². The number of aryl methyl sites for hydroxylation is 1. The third-order valence-corrected chi connectivity index (χ3v) is 4.27. The van der Waals surface area contributed by atoms with E-state index in [1.807, 2.05) is 18.9 Å². The second-order valence-corrected chi connectivity index (χ2v) is 5.49. The van der Waals surface area contributed by atoms with Gasteiger partial charge >= 0.3 is 6.03 Å². The van der Waals surface area contributed by atoms with E-state index in [1.165, 1.54) is 16.8 Å². The first kappa shape index (κ1) is 14.7. The van der Waals surface area contributed by atoms with Crippen LogP contribution >= 0.6 is 0 Å². The Morgan fingerprint density at radius 3 is 2.45 bits per heavy atom. The quantitative estimate of drug-likeness (QED) is 0.829. The van der Waals surface area contributed by atoms with Crippen LogP contribution in [0.2, 0.25) is 0 Å². The Labute approximate surface area is 122 Å². The van der Waals surface area contributed by atoms with Gasteiger partial charge in [0.25, 0.3) is 0 Å². The predicted molar refractivity (Wildman–Crippen MR) is 83.4 cm³/mol. The lowest BCUT2D eigenvalue weighted by molar-refractivity contribution is 0.161. The molecule has 0 atom stereocenters. The number of nitrogens with zero attached hydrogens (tertiary/aromatic N) is 3. The number of urea groups is 1. The van der Waals surface area contributed by atoms with Crippen molar-refractivity contribution < 1.29 is 4.79 Å². The van der Waals surface area contributed by atoms with E-state index >= 15 is 0 Å². The molecular weight excluding hydrogens is 250 g/mol. The number of benzene rings is 1. The summed E-state index contributed by atoms with van der Waals surface area (Å²) < 4.78 is 0. The molecule has 1 aromatic carbocycles. The second kappa shape index (κ2) is 6.16. The zero-order valence-electron chi connectivity index (χ0n) is 13.0. The molecule has 0 saturated carbocycles. The highest BCUT2D eigenvalue weighted by molar-refractivity contribution is 5.74. The molecule has 1 aromatic rings. The topological polar surface area (TPSA) is 26.8 Å². The van der Waals surface area contributed by atoms with Crippen molar-refractivity contribution in [3.63, 3.8) is 0 Å². The van der Waals surface area contributed by atoms with Crippen molar-refractivity contribution >= 4 is 11.7 Å². The van der Waals surface area contributed by atoms with Crippen LogP contribution in [0.1, 0.15) is 18.1 Å². The van der Waals surface area contributed by atoms with Crippen LogP contribution in [0.25, 0.3) is 0 Å². The van der Waals surface area contributed by atoms with Gasteiger partial charge in [-0.05, 0) is 38.0 Å². The Morgan fingerprint density at radius 2 is 1.85 bits per heavy atom. The molecular formula is C16H25N3O. The Balaban J connectivity index is 2.01. The lowest BCUT2D eigenvalue weighted by Crippen LogP contribution is -2.52. The average Bonchev–Trinajstić information content (AvgIpc) is 2.48. The molecule has 0 aromatic heterocycles. The number of amides is 2. The summed E-state index contributed by atoms with van der Waals surface area (Å²) in [6, 6.07) is 6.58. The molecule has 0 radical (unpaired) electrons. The predicted octanol–water partition coefficient (Wildman–Crippen LogP) is 2.50. The van der Waals surface area contributed by atoms with Gasteiger partial charge in [0, 0.05) is 45.5 Å². The maximum Gasteiger partial charge on any atom is 0.319 e. The molecule has 1 aliphatic rings. The fraction of sp³-hybridized carbons (Fsp3) is 0.562. The summed E-state index contributed by atoms with van der Waals surface area (Å²) in [4.78, 5) is 18.2. The maximum absolute atomic E-state index is 12.1. The van der Waals surface area contributed by atoms with Gasteiger partial charge in [-0.15, -0.1) is 0 Å². The zero-order chi connectivity index (χ0) is 14.7. The highest BCUT2D eigenvalue weighted by atomic mass is 16.2. The van der Waals surface area contributed by atoms with Crippen LogP contribution in [0, 0.1) is 13.8 Å². The van der Waals surface area contributed by atoms with E-state index in [0.717, 1.165) is 32.7 Å². The molecule has 20 heavy (non-hydrogen) atoms. The van der Waals surface area contributed by atoms with Gasteiger partial charge in [-0.3, -0.25) is 0 Å². The lowest BCUT2D eigenvalue weighted by Gasteiger charge is -2.38. The van der Waals surface area contributed by atoms with Crippen LogP contribution in [0.15, 0.2) is 18.2 Å². The number of hydrogen-bond acceptors (Lipinski definition) is 2. The Kier molecular flexibility index (Phi) is 4.53. The van der Waals surface area contributed by atoms with Gasteiger partial charge < -0.3 is 14.7 Å². The van der Waals surface area contributed by atoms with Crippen molar-refractivity contribution in [3.8, 4) is 0 Å². The van der Waals surface area contributed by atoms with Crippen molar-refractivity contribution in [1.29, 1.82) is 0 Å². The first-order chi connectivity index (χ1) is 9.54. The van der Waals surface area contributed by atoms with Gasteiger partial charge in [-0.1, -0.05) is 12.1 Å². The van der Waals surface area contributed by atoms with Crippen molar-refractivity contribution in [1.82, 2.24) is 9.80 Å². The molecule has 2 rings (SSSR count). The van der Waals surface area contributed by atoms with Gasteiger partial charge in [0.1, 0.15) is 0 Å². The molecule has 0 spiro atoms. The second-order valence-electron chi connectivity index (χ2n) is 5.49. The number of carbonyl (C=O) groups excluding carboxylic acids is 1. The monoisotopic (exact) mass is 275 g/mol. The normalized spacial score (nSPS) is 15.4. The Morgan fingerprint density at radius 1 is 1.20 bits per heavy atom. The van der Waals surface area contributed by atoms with Crippen molar-refractivity contribution in [3.05, 3.63) is 29.3 Å². The minimum Gasteiger partial charge on any atom is -0.368 e. The van der Waals surface area contributed by atoms with Crippen LogP contribution in [0.4, 0.5) is 10.5 Å². The molecule has 0 bridgehead atoms. The third-order valence-electron chi connectivity index (χ3n) is 4.27. The number of carbonyl (C=O) groups is 1. The number of anilines is 1. The van der Waals surface area contributed by atoms with E-state index in [0.29, 0.717) is 0 Å². The Hall–Kier alpha value is -1.71. The van der Waals surface area contributed by atoms with Gasteiger partial charge in [0.2, 0.25) is 0 Å². The molecule has 0 aliphatic carbocycles. The minimum absolute atomic E-state index is 0.146. The molecule has 1 aliphatic heterocycles. The number of hydrogen-bond donors (Lipinski definition) is 0. The highest BCUT2D eigenvalue weighted by Gasteiger charge is 2.23. The summed E-state index contributed by atoms with van der Waals surface area (Å²) in [5, 5.41) is 0. The summed E-state index contributed by atoms with van der Waals surface area (Å²) in [5.74, 6) is 0. The molecule has 4 heteroatoms. The van der Waals surface area contributed by atoms with E-state index in [9.17, 15) is 4.79 Å². The number of rotatable bonds is 2. The summed E-state index contributed by atoms with van der Waals surface area (Å²) in [7, 11) is 1.86. The van der Waals surface area contributed by atoms with Crippen LogP contribution < -0.4 is 4.90 Å². The van der Waals surface area contributed by atoms with E-state index in [2.05, 4.69) is 36.9 Å².